The quantitative estimate of drug-likeness (QED) is 0.669. The summed E-state index contributed by atoms with van der Waals surface area (Å²) in [5.41, 5.74) is 3.22. The predicted molar refractivity (Wildman–Crippen MR) is 114 cm³/mol. The first-order valence-corrected chi connectivity index (χ1v) is 10.3. The van der Waals surface area contributed by atoms with Crippen LogP contribution in [0, 0.1) is 6.92 Å². The van der Waals surface area contributed by atoms with Crippen LogP contribution in [0.1, 0.15) is 47.0 Å². The van der Waals surface area contributed by atoms with Crippen LogP contribution in [0.3, 0.4) is 0 Å². The maximum absolute atomic E-state index is 13.1. The number of piperidine rings is 1. The van der Waals surface area contributed by atoms with Crippen LogP contribution in [-0.4, -0.2) is 35.6 Å². The minimum Gasteiger partial charge on any atom is -0.360 e. The molecule has 1 aliphatic rings. The van der Waals surface area contributed by atoms with Gasteiger partial charge in [0, 0.05) is 12.1 Å². The largest absolute Gasteiger partial charge is 0.360 e. The molecule has 150 valence electrons. The van der Waals surface area contributed by atoms with Crippen molar-refractivity contribution in [2.24, 2.45) is 0 Å². The lowest BCUT2D eigenvalue weighted by Gasteiger charge is -2.35. The third-order valence-corrected chi connectivity index (χ3v) is 5.61. The van der Waals surface area contributed by atoms with Gasteiger partial charge in [-0.05, 0) is 38.4 Å². The van der Waals surface area contributed by atoms with Gasteiger partial charge in [-0.3, -0.25) is 9.69 Å². The molecule has 3 aromatic rings. The van der Waals surface area contributed by atoms with E-state index >= 15 is 0 Å². The average molecular weight is 389 g/mol. The van der Waals surface area contributed by atoms with Crippen LogP contribution in [0.2, 0.25) is 0 Å². The van der Waals surface area contributed by atoms with Crippen molar-refractivity contribution in [3.05, 3.63) is 77.6 Å². The third kappa shape index (κ3) is 4.40. The minimum atomic E-state index is -0.138. The van der Waals surface area contributed by atoms with Gasteiger partial charge < -0.3 is 9.84 Å². The second-order valence-corrected chi connectivity index (χ2v) is 7.56. The predicted octanol–water partition coefficient (Wildman–Crippen LogP) is 4.61. The molecule has 0 saturated carbocycles. The number of amides is 1. The summed E-state index contributed by atoms with van der Waals surface area (Å²) in [5, 5.41) is 7.29. The van der Waals surface area contributed by atoms with Gasteiger partial charge in [0.2, 0.25) is 0 Å². The summed E-state index contributed by atoms with van der Waals surface area (Å²) in [7, 11) is 0. The molecule has 1 N–H and O–H groups in total. The molecule has 2 heterocycles. The number of hydrogen-bond acceptors (Lipinski definition) is 4. The molecule has 1 fully saturated rings. The van der Waals surface area contributed by atoms with Crippen LogP contribution >= 0.6 is 0 Å². The van der Waals surface area contributed by atoms with E-state index in [4.69, 9.17) is 4.52 Å². The molecule has 2 aromatic carbocycles. The molecule has 29 heavy (non-hydrogen) atoms. The Labute approximate surface area is 171 Å². The molecule has 1 amide bonds. The fourth-order valence-electron chi connectivity index (χ4n) is 4.07. The van der Waals surface area contributed by atoms with Crippen molar-refractivity contribution < 1.29 is 9.32 Å². The molecule has 4 rings (SSSR count). The lowest BCUT2D eigenvalue weighted by molar-refractivity contribution is 0.0923. The molecule has 5 heteroatoms. The Kier molecular flexibility index (Phi) is 6.06. The topological polar surface area (TPSA) is 58.4 Å². The molecule has 1 aromatic heterocycles. The van der Waals surface area contributed by atoms with Crippen LogP contribution in [0.25, 0.3) is 11.3 Å². The zero-order valence-electron chi connectivity index (χ0n) is 16.8. The second kappa shape index (κ2) is 9.05. The number of aromatic nitrogens is 1. The molecule has 1 aliphatic heterocycles. The van der Waals surface area contributed by atoms with Gasteiger partial charge in [-0.15, -0.1) is 0 Å². The van der Waals surface area contributed by atoms with Gasteiger partial charge in [-0.2, -0.15) is 0 Å². The van der Waals surface area contributed by atoms with Crippen LogP contribution in [0.15, 0.2) is 65.2 Å². The van der Waals surface area contributed by atoms with Gasteiger partial charge in [0.25, 0.3) is 5.91 Å². The highest BCUT2D eigenvalue weighted by atomic mass is 16.5. The van der Waals surface area contributed by atoms with Gasteiger partial charge in [0.1, 0.15) is 17.0 Å². The summed E-state index contributed by atoms with van der Waals surface area (Å²) in [6, 6.07) is 20.3. The van der Waals surface area contributed by atoms with Crippen LogP contribution in [0.5, 0.6) is 0 Å². The average Bonchev–Trinajstić information content (AvgIpc) is 3.17. The monoisotopic (exact) mass is 389 g/mol. The molecule has 0 aliphatic carbocycles. The normalized spacial score (nSPS) is 15.8. The van der Waals surface area contributed by atoms with Crippen molar-refractivity contribution in [1.29, 1.82) is 0 Å². The number of hydrogen-bond donors (Lipinski definition) is 1. The smallest absolute Gasteiger partial charge is 0.257 e. The summed E-state index contributed by atoms with van der Waals surface area (Å²) in [4.78, 5) is 15.6. The maximum Gasteiger partial charge on any atom is 0.257 e. The summed E-state index contributed by atoms with van der Waals surface area (Å²) >= 11 is 0. The molecule has 0 spiro atoms. The lowest BCUT2D eigenvalue weighted by Crippen LogP contribution is -2.40. The Hall–Kier alpha value is -2.92. The number of nitrogens with zero attached hydrogens (tertiary/aromatic N) is 2. The van der Waals surface area contributed by atoms with Crippen molar-refractivity contribution >= 4 is 5.91 Å². The van der Waals surface area contributed by atoms with E-state index in [9.17, 15) is 4.79 Å². The Morgan fingerprint density at radius 1 is 1.03 bits per heavy atom. The van der Waals surface area contributed by atoms with Crippen molar-refractivity contribution in [2.45, 2.75) is 32.2 Å². The highest BCUT2D eigenvalue weighted by Gasteiger charge is 2.25. The van der Waals surface area contributed by atoms with Crippen molar-refractivity contribution in [1.82, 2.24) is 15.4 Å². The van der Waals surface area contributed by atoms with Crippen LogP contribution in [-0.2, 0) is 0 Å². The van der Waals surface area contributed by atoms with Gasteiger partial charge in [0.05, 0.1) is 6.04 Å². The Morgan fingerprint density at radius 3 is 2.38 bits per heavy atom. The van der Waals surface area contributed by atoms with E-state index < -0.39 is 0 Å². The summed E-state index contributed by atoms with van der Waals surface area (Å²) < 4.78 is 5.36. The number of aryl methyl sites for hydroxylation is 1. The number of benzene rings is 2. The van der Waals surface area contributed by atoms with Crippen molar-refractivity contribution in [2.75, 3.05) is 19.6 Å². The maximum atomic E-state index is 13.1. The fourth-order valence-corrected chi connectivity index (χ4v) is 4.07. The lowest BCUT2D eigenvalue weighted by atomic mass is 10.0. The molecule has 0 radical (unpaired) electrons. The molecule has 0 unspecified atom stereocenters. The van der Waals surface area contributed by atoms with Crippen LogP contribution < -0.4 is 5.32 Å². The molecule has 0 bridgehead atoms. The van der Waals surface area contributed by atoms with E-state index in [0.717, 1.165) is 18.7 Å². The molecule has 1 saturated heterocycles. The van der Waals surface area contributed by atoms with Crippen molar-refractivity contribution in [3.8, 4) is 11.3 Å². The molecule has 1 atom stereocenters. The first-order chi connectivity index (χ1) is 14.2. The van der Waals surface area contributed by atoms with Gasteiger partial charge >= 0.3 is 0 Å². The van der Waals surface area contributed by atoms with Gasteiger partial charge in [-0.1, -0.05) is 72.2 Å². The Bertz CT molecular complexity index is 931. The third-order valence-electron chi connectivity index (χ3n) is 5.61. The van der Waals surface area contributed by atoms with E-state index in [1.54, 1.807) is 6.92 Å². The highest BCUT2D eigenvalue weighted by Crippen LogP contribution is 2.27. The summed E-state index contributed by atoms with van der Waals surface area (Å²) in [6.45, 7) is 4.48. The Balaban J connectivity index is 1.54. The van der Waals surface area contributed by atoms with Crippen molar-refractivity contribution in [3.63, 3.8) is 0 Å². The zero-order chi connectivity index (χ0) is 20.1. The van der Waals surface area contributed by atoms with Gasteiger partial charge in [-0.25, -0.2) is 0 Å². The van der Waals surface area contributed by atoms with Gasteiger partial charge in [0.15, 0.2) is 0 Å². The van der Waals surface area contributed by atoms with E-state index in [-0.39, 0.29) is 11.9 Å². The van der Waals surface area contributed by atoms with E-state index in [2.05, 4.69) is 39.6 Å². The highest BCUT2D eigenvalue weighted by molar-refractivity contribution is 6.00. The number of carbonyl (C=O) groups excluding carboxylic acids is 1. The molecule has 5 nitrogen and oxygen atoms in total. The number of likely N-dealkylation sites (tertiary alicyclic amines) is 1. The standard InChI is InChI=1S/C24H27N3O2/c1-18-22(23(26-29-18)20-13-7-3-8-14-20)24(28)25-17-21(19-11-5-2-6-12-19)27-15-9-4-10-16-27/h2-3,5-8,11-14,21H,4,9-10,15-17H2,1H3,(H,25,28)/t21-/m0/s1. The van der Waals surface area contributed by atoms with E-state index in [0.29, 0.717) is 23.6 Å². The summed E-state index contributed by atoms with van der Waals surface area (Å²) in [5.74, 6) is 0.399. The first kappa shape index (κ1) is 19.4. The van der Waals surface area contributed by atoms with E-state index in [1.165, 1.54) is 24.8 Å². The number of nitrogens with one attached hydrogen (secondary N) is 1. The summed E-state index contributed by atoms with van der Waals surface area (Å²) in [6.07, 6.45) is 3.70. The first-order valence-electron chi connectivity index (χ1n) is 10.3. The zero-order valence-corrected chi connectivity index (χ0v) is 16.8. The SMILES string of the molecule is Cc1onc(-c2ccccc2)c1C(=O)NC[C@@H](c1ccccc1)N1CCCCC1. The second-order valence-electron chi connectivity index (χ2n) is 7.56. The fraction of sp³-hybridized carbons (Fsp3) is 0.333. The molecular weight excluding hydrogens is 362 g/mol. The van der Waals surface area contributed by atoms with Crippen LogP contribution in [0.4, 0.5) is 0 Å². The number of rotatable bonds is 6. The minimum absolute atomic E-state index is 0.138. The molecular formula is C24H27N3O2. The number of carbonyl (C=O) groups is 1. The van der Waals surface area contributed by atoms with E-state index in [1.807, 2.05) is 36.4 Å². The Morgan fingerprint density at radius 2 is 1.69 bits per heavy atom.